The molecule has 0 bridgehead atoms. The molecule has 0 radical (unpaired) electrons. The summed E-state index contributed by atoms with van der Waals surface area (Å²) < 4.78 is 2.22. The summed E-state index contributed by atoms with van der Waals surface area (Å²) in [7, 11) is 1.93. The van der Waals surface area contributed by atoms with Gasteiger partial charge in [0.25, 0.3) is 0 Å². The van der Waals surface area contributed by atoms with Crippen molar-refractivity contribution in [1.82, 2.24) is 0 Å². The summed E-state index contributed by atoms with van der Waals surface area (Å²) in [4.78, 5) is 0. The highest BCUT2D eigenvalue weighted by Gasteiger charge is 2.01. The minimum Gasteiger partial charge on any atom is -0.388 e. The Morgan fingerprint density at radius 1 is 1.06 bits per heavy atom. The largest absolute Gasteiger partial charge is 0.388 e. The van der Waals surface area contributed by atoms with Gasteiger partial charge >= 0.3 is 0 Å². The smallest absolute Gasteiger partial charge is 0.205 e. The third-order valence-corrected chi connectivity index (χ3v) is 2.96. The number of nitrogens with zero attached hydrogens (tertiary/aromatic N) is 1. The van der Waals surface area contributed by atoms with E-state index < -0.39 is 0 Å². The summed E-state index contributed by atoms with van der Waals surface area (Å²) in [5.74, 6) is 0. The average molecular weight is 239 g/mol. The van der Waals surface area contributed by atoms with Crippen LogP contribution in [0.4, 0.5) is 5.69 Å². The van der Waals surface area contributed by atoms with Gasteiger partial charge in [-0.05, 0) is 36.8 Å². The predicted molar refractivity (Wildman–Crippen MR) is 77.2 cm³/mol. The van der Waals surface area contributed by atoms with Crippen molar-refractivity contribution in [2.45, 2.75) is 13.5 Å². The van der Waals surface area contributed by atoms with Crippen molar-refractivity contribution in [3.8, 4) is 0 Å². The molecule has 1 aromatic carbocycles. The van der Waals surface area contributed by atoms with Crippen LogP contribution in [0.1, 0.15) is 18.2 Å². The van der Waals surface area contributed by atoms with E-state index in [0.717, 1.165) is 12.2 Å². The van der Waals surface area contributed by atoms with Gasteiger partial charge in [0.1, 0.15) is 6.54 Å². The molecule has 18 heavy (non-hydrogen) atoms. The lowest BCUT2D eigenvalue weighted by atomic mass is 10.2. The first-order valence-electron chi connectivity index (χ1n) is 6.28. The average Bonchev–Trinajstić information content (AvgIpc) is 2.46. The molecular formula is C16H19N2+. The molecule has 92 valence electrons. The SMILES string of the molecule is CC[n+]1ccccc1/C=C/c1ccc(NC)cc1. The predicted octanol–water partition coefficient (Wildman–Crippen LogP) is 3.21. The zero-order valence-corrected chi connectivity index (χ0v) is 10.9. The fourth-order valence-electron chi connectivity index (χ4n) is 1.87. The van der Waals surface area contributed by atoms with Crippen molar-refractivity contribution in [2.24, 2.45) is 0 Å². The van der Waals surface area contributed by atoms with Gasteiger partial charge in [0.05, 0.1) is 0 Å². The second-order valence-electron chi connectivity index (χ2n) is 4.12. The summed E-state index contributed by atoms with van der Waals surface area (Å²) >= 11 is 0. The highest BCUT2D eigenvalue weighted by Crippen LogP contribution is 2.11. The van der Waals surface area contributed by atoms with Crippen LogP contribution < -0.4 is 9.88 Å². The van der Waals surface area contributed by atoms with E-state index in [4.69, 9.17) is 0 Å². The number of aryl methyl sites for hydroxylation is 1. The van der Waals surface area contributed by atoms with Crippen LogP contribution in [0, 0.1) is 0 Å². The Bertz CT molecular complexity index is 527. The van der Waals surface area contributed by atoms with Gasteiger partial charge in [0.2, 0.25) is 5.69 Å². The zero-order valence-electron chi connectivity index (χ0n) is 10.9. The normalized spacial score (nSPS) is 10.8. The third kappa shape index (κ3) is 2.98. The summed E-state index contributed by atoms with van der Waals surface area (Å²) in [5.41, 5.74) is 3.56. The van der Waals surface area contributed by atoms with Gasteiger partial charge in [-0.15, -0.1) is 0 Å². The summed E-state index contributed by atoms with van der Waals surface area (Å²) in [6.45, 7) is 3.14. The monoisotopic (exact) mass is 239 g/mol. The van der Waals surface area contributed by atoms with Gasteiger partial charge in [-0.1, -0.05) is 12.1 Å². The van der Waals surface area contributed by atoms with Gasteiger partial charge in [0, 0.05) is 30.9 Å². The maximum Gasteiger partial charge on any atom is 0.205 e. The van der Waals surface area contributed by atoms with Crippen molar-refractivity contribution in [1.29, 1.82) is 0 Å². The summed E-state index contributed by atoms with van der Waals surface area (Å²) in [6.07, 6.45) is 6.39. The fourth-order valence-corrected chi connectivity index (χ4v) is 1.87. The van der Waals surface area contributed by atoms with Gasteiger partial charge in [-0.3, -0.25) is 0 Å². The molecule has 0 saturated heterocycles. The van der Waals surface area contributed by atoms with E-state index in [1.165, 1.54) is 11.3 Å². The molecule has 0 spiro atoms. The maximum atomic E-state index is 3.12. The van der Waals surface area contributed by atoms with E-state index in [0.29, 0.717) is 0 Å². The van der Waals surface area contributed by atoms with Gasteiger partial charge in [-0.25, -0.2) is 0 Å². The Morgan fingerprint density at radius 3 is 2.50 bits per heavy atom. The standard InChI is InChI=1S/C16H18N2/c1-3-18-13-5-4-6-16(18)12-9-14-7-10-15(17-2)11-8-14/h4-13H,3H2,1-2H3/p+1. The van der Waals surface area contributed by atoms with Crippen molar-refractivity contribution < 1.29 is 4.57 Å². The van der Waals surface area contributed by atoms with Crippen LogP contribution in [-0.2, 0) is 6.54 Å². The quantitative estimate of drug-likeness (QED) is 0.810. The molecule has 0 aliphatic rings. The number of hydrogen-bond donors (Lipinski definition) is 1. The number of anilines is 1. The van der Waals surface area contributed by atoms with Crippen molar-refractivity contribution in [2.75, 3.05) is 12.4 Å². The molecule has 0 amide bonds. The molecule has 0 fully saturated rings. The van der Waals surface area contributed by atoms with Crippen LogP contribution in [0.3, 0.4) is 0 Å². The molecule has 0 atom stereocenters. The van der Waals surface area contributed by atoms with E-state index in [9.17, 15) is 0 Å². The van der Waals surface area contributed by atoms with Gasteiger partial charge in [0.15, 0.2) is 6.20 Å². The van der Waals surface area contributed by atoms with Crippen LogP contribution in [0.2, 0.25) is 0 Å². The van der Waals surface area contributed by atoms with Crippen LogP contribution in [0.5, 0.6) is 0 Å². The Labute approximate surface area is 109 Å². The molecule has 1 heterocycles. The van der Waals surface area contributed by atoms with E-state index in [1.807, 2.05) is 7.05 Å². The Balaban J connectivity index is 2.19. The molecule has 2 heteroatoms. The summed E-state index contributed by atoms with van der Waals surface area (Å²) in [6, 6.07) is 14.6. The fraction of sp³-hybridized carbons (Fsp3) is 0.188. The number of benzene rings is 1. The molecule has 2 aromatic rings. The van der Waals surface area contributed by atoms with Gasteiger partial charge in [-0.2, -0.15) is 4.57 Å². The molecule has 0 aliphatic heterocycles. The molecule has 2 rings (SSSR count). The van der Waals surface area contributed by atoms with E-state index in [-0.39, 0.29) is 0 Å². The maximum absolute atomic E-state index is 3.12. The van der Waals surface area contributed by atoms with Crippen LogP contribution in [-0.4, -0.2) is 7.05 Å². The number of nitrogens with one attached hydrogen (secondary N) is 1. The lowest BCUT2D eigenvalue weighted by Crippen LogP contribution is -2.34. The third-order valence-electron chi connectivity index (χ3n) is 2.96. The van der Waals surface area contributed by atoms with Crippen LogP contribution in [0.25, 0.3) is 12.2 Å². The van der Waals surface area contributed by atoms with E-state index in [1.54, 1.807) is 0 Å². The zero-order chi connectivity index (χ0) is 12.8. The minimum atomic E-state index is 0.985. The molecule has 2 nitrogen and oxygen atoms in total. The molecule has 0 saturated carbocycles. The minimum absolute atomic E-state index is 0.985. The highest BCUT2D eigenvalue weighted by atomic mass is 14.9. The highest BCUT2D eigenvalue weighted by molar-refractivity contribution is 5.68. The molecule has 1 N–H and O–H groups in total. The van der Waals surface area contributed by atoms with Crippen LogP contribution >= 0.6 is 0 Å². The Kier molecular flexibility index (Phi) is 4.13. The number of pyridine rings is 1. The second-order valence-corrected chi connectivity index (χ2v) is 4.12. The number of hydrogen-bond acceptors (Lipinski definition) is 1. The van der Waals surface area contributed by atoms with Crippen molar-refractivity contribution in [3.05, 3.63) is 59.9 Å². The number of rotatable bonds is 4. The Morgan fingerprint density at radius 2 is 1.83 bits per heavy atom. The first-order valence-corrected chi connectivity index (χ1v) is 6.28. The summed E-state index contributed by atoms with van der Waals surface area (Å²) in [5, 5.41) is 3.12. The first-order chi connectivity index (χ1) is 8.83. The van der Waals surface area contributed by atoms with Crippen molar-refractivity contribution in [3.63, 3.8) is 0 Å². The molecule has 1 aromatic heterocycles. The molecular weight excluding hydrogens is 220 g/mol. The van der Waals surface area contributed by atoms with Crippen molar-refractivity contribution >= 4 is 17.8 Å². The van der Waals surface area contributed by atoms with E-state index >= 15 is 0 Å². The van der Waals surface area contributed by atoms with Crippen LogP contribution in [0.15, 0.2) is 48.7 Å². The first kappa shape index (κ1) is 12.4. The number of aromatic nitrogens is 1. The Hall–Kier alpha value is -2.09. The lowest BCUT2D eigenvalue weighted by molar-refractivity contribution is -0.695. The van der Waals surface area contributed by atoms with E-state index in [2.05, 4.69) is 77.6 Å². The lowest BCUT2D eigenvalue weighted by Gasteiger charge is -1.99. The topological polar surface area (TPSA) is 15.9 Å². The second kappa shape index (κ2) is 6.01. The molecule has 0 unspecified atom stereocenters. The van der Waals surface area contributed by atoms with Gasteiger partial charge < -0.3 is 5.32 Å². The molecule has 0 aliphatic carbocycles.